The van der Waals surface area contributed by atoms with Crippen LogP contribution in [0.15, 0.2) is 4.99 Å². The van der Waals surface area contributed by atoms with Crippen LogP contribution in [0.1, 0.15) is 20.3 Å². The van der Waals surface area contributed by atoms with E-state index in [-0.39, 0.29) is 6.10 Å². The van der Waals surface area contributed by atoms with Crippen molar-refractivity contribution in [2.45, 2.75) is 32.4 Å². The molecule has 0 rings (SSSR count). The van der Waals surface area contributed by atoms with Gasteiger partial charge in [-0.15, -0.1) is 0 Å². The molecule has 0 bridgehead atoms. The van der Waals surface area contributed by atoms with Gasteiger partial charge in [-0.05, 0) is 20.3 Å². The SMILES string of the molecule is CC(C)OC(=O)[C@@H](N)CCN=C(N)N(C)C. The number of hydrogen-bond acceptors (Lipinski definition) is 4. The molecule has 0 aliphatic heterocycles. The van der Waals surface area contributed by atoms with Crippen LogP contribution in [0.4, 0.5) is 0 Å². The maximum absolute atomic E-state index is 11.3. The van der Waals surface area contributed by atoms with Gasteiger partial charge < -0.3 is 21.1 Å². The molecule has 0 fully saturated rings. The highest BCUT2D eigenvalue weighted by molar-refractivity contribution is 5.77. The molecular formula is C10H22N4O2. The monoisotopic (exact) mass is 230 g/mol. The van der Waals surface area contributed by atoms with Crippen molar-refractivity contribution in [1.29, 1.82) is 0 Å². The lowest BCUT2D eigenvalue weighted by Crippen LogP contribution is -2.35. The van der Waals surface area contributed by atoms with Gasteiger partial charge in [0.15, 0.2) is 5.96 Å². The van der Waals surface area contributed by atoms with Gasteiger partial charge in [0.1, 0.15) is 6.04 Å². The van der Waals surface area contributed by atoms with Crippen molar-refractivity contribution < 1.29 is 9.53 Å². The van der Waals surface area contributed by atoms with E-state index in [9.17, 15) is 4.79 Å². The normalized spacial score (nSPS) is 13.8. The van der Waals surface area contributed by atoms with Crippen LogP contribution in [0.3, 0.4) is 0 Å². The minimum absolute atomic E-state index is 0.145. The maximum Gasteiger partial charge on any atom is 0.323 e. The van der Waals surface area contributed by atoms with Gasteiger partial charge in [0.05, 0.1) is 6.10 Å². The number of nitrogens with two attached hydrogens (primary N) is 2. The van der Waals surface area contributed by atoms with Gasteiger partial charge in [0.25, 0.3) is 0 Å². The second-order valence-electron chi connectivity index (χ2n) is 4.02. The quantitative estimate of drug-likeness (QED) is 0.378. The summed E-state index contributed by atoms with van der Waals surface area (Å²) in [6.45, 7) is 3.98. The van der Waals surface area contributed by atoms with E-state index in [0.717, 1.165) is 0 Å². The van der Waals surface area contributed by atoms with E-state index in [1.54, 1.807) is 32.8 Å². The number of aliphatic imine (C=N–C) groups is 1. The van der Waals surface area contributed by atoms with Crippen LogP contribution in [-0.2, 0) is 9.53 Å². The zero-order chi connectivity index (χ0) is 12.7. The van der Waals surface area contributed by atoms with Crippen LogP contribution in [0.5, 0.6) is 0 Å². The largest absolute Gasteiger partial charge is 0.462 e. The number of rotatable bonds is 5. The molecule has 0 saturated heterocycles. The summed E-state index contributed by atoms with van der Waals surface area (Å²) >= 11 is 0. The Bertz CT molecular complexity index is 251. The predicted octanol–water partition coefficient (Wildman–Crippen LogP) is -0.468. The molecule has 0 heterocycles. The van der Waals surface area contributed by atoms with E-state index < -0.39 is 12.0 Å². The maximum atomic E-state index is 11.3. The number of esters is 1. The molecular weight excluding hydrogens is 208 g/mol. The molecule has 0 radical (unpaired) electrons. The molecule has 0 aromatic heterocycles. The highest BCUT2D eigenvalue weighted by Crippen LogP contribution is 1.97. The molecule has 0 saturated carbocycles. The molecule has 16 heavy (non-hydrogen) atoms. The van der Waals surface area contributed by atoms with Crippen molar-refractivity contribution in [3.8, 4) is 0 Å². The molecule has 0 aliphatic carbocycles. The third-order valence-corrected chi connectivity index (χ3v) is 1.83. The lowest BCUT2D eigenvalue weighted by Gasteiger charge is -2.14. The Kier molecular flexibility index (Phi) is 6.48. The average Bonchev–Trinajstić information content (AvgIpc) is 2.15. The Labute approximate surface area is 96.6 Å². The third kappa shape index (κ3) is 6.23. The first-order valence-electron chi connectivity index (χ1n) is 5.28. The number of guanidine groups is 1. The minimum Gasteiger partial charge on any atom is -0.462 e. The number of ether oxygens (including phenoxy) is 1. The summed E-state index contributed by atoms with van der Waals surface area (Å²) < 4.78 is 4.96. The smallest absolute Gasteiger partial charge is 0.323 e. The third-order valence-electron chi connectivity index (χ3n) is 1.83. The summed E-state index contributed by atoms with van der Waals surface area (Å²) in [4.78, 5) is 17.1. The molecule has 6 nitrogen and oxygen atoms in total. The number of nitrogens with zero attached hydrogens (tertiary/aromatic N) is 2. The second-order valence-corrected chi connectivity index (χ2v) is 4.02. The van der Waals surface area contributed by atoms with Crippen molar-refractivity contribution in [2.75, 3.05) is 20.6 Å². The molecule has 0 aromatic rings. The lowest BCUT2D eigenvalue weighted by molar-refractivity contribution is -0.149. The average molecular weight is 230 g/mol. The molecule has 6 heteroatoms. The summed E-state index contributed by atoms with van der Waals surface area (Å²) in [6, 6.07) is -0.638. The van der Waals surface area contributed by atoms with Crippen LogP contribution in [0, 0.1) is 0 Å². The lowest BCUT2D eigenvalue weighted by atomic mass is 10.2. The molecule has 4 N–H and O–H groups in total. The van der Waals surface area contributed by atoms with Gasteiger partial charge >= 0.3 is 5.97 Å². The fourth-order valence-electron chi connectivity index (χ4n) is 0.897. The zero-order valence-corrected chi connectivity index (χ0v) is 10.4. The van der Waals surface area contributed by atoms with Gasteiger partial charge in [-0.25, -0.2) is 0 Å². The van der Waals surface area contributed by atoms with Crippen molar-refractivity contribution >= 4 is 11.9 Å². The summed E-state index contributed by atoms with van der Waals surface area (Å²) in [6.07, 6.45) is 0.286. The van der Waals surface area contributed by atoms with Crippen LogP contribution < -0.4 is 11.5 Å². The van der Waals surface area contributed by atoms with Gasteiger partial charge in [0.2, 0.25) is 0 Å². The van der Waals surface area contributed by atoms with E-state index >= 15 is 0 Å². The van der Waals surface area contributed by atoms with Crippen LogP contribution in [0.25, 0.3) is 0 Å². The van der Waals surface area contributed by atoms with Crippen molar-refractivity contribution in [1.82, 2.24) is 4.90 Å². The first kappa shape index (κ1) is 14.7. The Balaban J connectivity index is 3.94. The number of carbonyl (C=O) groups is 1. The summed E-state index contributed by atoms with van der Waals surface area (Å²) in [5.41, 5.74) is 11.2. The summed E-state index contributed by atoms with van der Waals surface area (Å²) in [5, 5.41) is 0. The molecule has 0 aromatic carbocycles. The summed E-state index contributed by atoms with van der Waals surface area (Å²) in [7, 11) is 3.59. The Morgan fingerprint density at radius 3 is 2.44 bits per heavy atom. The van der Waals surface area contributed by atoms with Crippen molar-refractivity contribution in [3.05, 3.63) is 0 Å². The molecule has 0 amide bonds. The molecule has 0 aliphatic rings. The Morgan fingerprint density at radius 2 is 2.00 bits per heavy atom. The van der Waals surface area contributed by atoms with Crippen LogP contribution >= 0.6 is 0 Å². The molecule has 1 atom stereocenters. The Morgan fingerprint density at radius 1 is 1.44 bits per heavy atom. The molecule has 94 valence electrons. The predicted molar refractivity (Wildman–Crippen MR) is 64.0 cm³/mol. The summed E-state index contributed by atoms with van der Waals surface area (Å²) in [5.74, 6) is 0.0260. The second kappa shape index (κ2) is 7.05. The molecule has 0 unspecified atom stereocenters. The highest BCUT2D eigenvalue weighted by atomic mass is 16.5. The first-order valence-corrected chi connectivity index (χ1v) is 5.28. The van der Waals surface area contributed by atoms with Gasteiger partial charge in [-0.2, -0.15) is 0 Å². The van der Waals surface area contributed by atoms with Crippen molar-refractivity contribution in [3.63, 3.8) is 0 Å². The van der Waals surface area contributed by atoms with E-state index in [1.165, 1.54) is 0 Å². The number of hydrogen-bond donors (Lipinski definition) is 2. The minimum atomic E-state index is -0.638. The Hall–Kier alpha value is -1.30. The van der Waals surface area contributed by atoms with E-state index in [0.29, 0.717) is 18.9 Å². The van der Waals surface area contributed by atoms with E-state index in [2.05, 4.69) is 4.99 Å². The highest BCUT2D eigenvalue weighted by Gasteiger charge is 2.15. The standard InChI is InChI=1S/C10H22N4O2/c1-7(2)16-9(15)8(11)5-6-13-10(12)14(3)4/h7-8H,5-6,11H2,1-4H3,(H2,12,13)/t8-/m0/s1. The van der Waals surface area contributed by atoms with Gasteiger partial charge in [-0.3, -0.25) is 9.79 Å². The fraction of sp³-hybridized carbons (Fsp3) is 0.800. The number of carbonyl (C=O) groups excluding carboxylic acids is 1. The topological polar surface area (TPSA) is 93.9 Å². The van der Waals surface area contributed by atoms with Crippen LogP contribution in [-0.4, -0.2) is 49.6 Å². The van der Waals surface area contributed by atoms with Crippen LogP contribution in [0.2, 0.25) is 0 Å². The molecule has 0 spiro atoms. The van der Waals surface area contributed by atoms with E-state index in [4.69, 9.17) is 16.2 Å². The fourth-order valence-corrected chi connectivity index (χ4v) is 0.897. The van der Waals surface area contributed by atoms with Gasteiger partial charge in [-0.1, -0.05) is 0 Å². The van der Waals surface area contributed by atoms with Gasteiger partial charge in [0, 0.05) is 20.6 Å². The first-order chi connectivity index (χ1) is 7.34. The zero-order valence-electron chi connectivity index (χ0n) is 10.4. The van der Waals surface area contributed by atoms with Crippen molar-refractivity contribution in [2.24, 2.45) is 16.5 Å². The van der Waals surface area contributed by atoms with E-state index in [1.807, 2.05) is 0 Å².